The van der Waals surface area contributed by atoms with E-state index in [4.69, 9.17) is 10.9 Å². The number of nitrogens with one attached hydrogen (secondary N) is 1. The maximum absolute atomic E-state index is 8.40. The molecule has 0 aliphatic carbocycles. The first-order valence-electron chi connectivity index (χ1n) is 4.31. The standard InChI is InChI=1S/C8H19N3OS/c1-6(8(9)11-12)4-10-7(2)5-13-3/h6-7,10,12H,4-5H2,1-3H3,(H2,9,11). The fraction of sp³-hybridized carbons (Fsp3) is 0.875. The molecule has 0 aromatic carbocycles. The van der Waals surface area contributed by atoms with Crippen LogP contribution in [0.3, 0.4) is 0 Å². The van der Waals surface area contributed by atoms with Gasteiger partial charge in [-0.05, 0) is 13.2 Å². The minimum atomic E-state index is 0.0781. The average Bonchev–Trinajstić information content (AvgIpc) is 2.13. The molecule has 78 valence electrons. The van der Waals surface area contributed by atoms with Gasteiger partial charge in [-0.2, -0.15) is 11.8 Å². The Labute approximate surface area is 84.0 Å². The SMILES string of the molecule is CSCC(C)NCC(C)C(N)=NO. The molecule has 0 aliphatic rings. The largest absolute Gasteiger partial charge is 0.409 e. The van der Waals surface area contributed by atoms with Crippen LogP contribution < -0.4 is 11.1 Å². The van der Waals surface area contributed by atoms with E-state index < -0.39 is 0 Å². The summed E-state index contributed by atoms with van der Waals surface area (Å²) >= 11 is 1.80. The van der Waals surface area contributed by atoms with Crippen molar-refractivity contribution in [1.29, 1.82) is 0 Å². The van der Waals surface area contributed by atoms with E-state index in [0.717, 1.165) is 12.3 Å². The van der Waals surface area contributed by atoms with Gasteiger partial charge in [0.1, 0.15) is 5.84 Å². The summed E-state index contributed by atoms with van der Waals surface area (Å²) < 4.78 is 0. The van der Waals surface area contributed by atoms with Crippen molar-refractivity contribution in [3.8, 4) is 0 Å². The Hall–Kier alpha value is -0.420. The van der Waals surface area contributed by atoms with Gasteiger partial charge in [-0.1, -0.05) is 12.1 Å². The second-order valence-electron chi connectivity index (χ2n) is 3.19. The van der Waals surface area contributed by atoms with Crippen molar-refractivity contribution in [2.45, 2.75) is 19.9 Å². The van der Waals surface area contributed by atoms with Gasteiger partial charge in [0.2, 0.25) is 0 Å². The molecule has 2 unspecified atom stereocenters. The zero-order valence-electron chi connectivity index (χ0n) is 8.45. The van der Waals surface area contributed by atoms with Crippen molar-refractivity contribution in [2.75, 3.05) is 18.6 Å². The van der Waals surface area contributed by atoms with Crippen molar-refractivity contribution >= 4 is 17.6 Å². The third-order valence-electron chi connectivity index (χ3n) is 1.81. The maximum atomic E-state index is 8.40. The number of hydrogen-bond acceptors (Lipinski definition) is 4. The summed E-state index contributed by atoms with van der Waals surface area (Å²) in [4.78, 5) is 0. The molecule has 0 rings (SSSR count). The summed E-state index contributed by atoms with van der Waals surface area (Å²) in [6.45, 7) is 4.79. The molecule has 0 aliphatic heterocycles. The predicted molar refractivity (Wildman–Crippen MR) is 58.4 cm³/mol. The lowest BCUT2D eigenvalue weighted by atomic mass is 10.1. The van der Waals surface area contributed by atoms with Crippen LogP contribution >= 0.6 is 11.8 Å². The molecule has 5 heteroatoms. The van der Waals surface area contributed by atoms with Gasteiger partial charge in [0.25, 0.3) is 0 Å². The molecule has 0 saturated heterocycles. The molecule has 0 amide bonds. The lowest BCUT2D eigenvalue weighted by Crippen LogP contribution is -2.36. The van der Waals surface area contributed by atoms with Crippen LogP contribution in [-0.2, 0) is 0 Å². The molecular weight excluding hydrogens is 186 g/mol. The van der Waals surface area contributed by atoms with Crippen LogP contribution in [-0.4, -0.2) is 35.6 Å². The number of hydrogen-bond donors (Lipinski definition) is 3. The summed E-state index contributed by atoms with van der Waals surface area (Å²) in [5.41, 5.74) is 5.43. The van der Waals surface area contributed by atoms with Gasteiger partial charge in [0.15, 0.2) is 0 Å². The lowest BCUT2D eigenvalue weighted by molar-refractivity contribution is 0.314. The Bertz CT molecular complexity index is 163. The van der Waals surface area contributed by atoms with Crippen LogP contribution in [0.1, 0.15) is 13.8 Å². The van der Waals surface area contributed by atoms with Gasteiger partial charge < -0.3 is 16.3 Å². The van der Waals surface area contributed by atoms with E-state index in [9.17, 15) is 0 Å². The summed E-state index contributed by atoms with van der Waals surface area (Å²) in [6, 6.07) is 0.462. The number of oxime groups is 1. The second kappa shape index (κ2) is 7.03. The molecule has 0 heterocycles. The Morgan fingerprint density at radius 2 is 2.23 bits per heavy atom. The average molecular weight is 205 g/mol. The molecule has 4 N–H and O–H groups in total. The Kier molecular flexibility index (Phi) is 6.80. The Morgan fingerprint density at radius 3 is 2.69 bits per heavy atom. The van der Waals surface area contributed by atoms with E-state index in [1.54, 1.807) is 11.8 Å². The highest BCUT2D eigenvalue weighted by Crippen LogP contribution is 1.98. The molecule has 0 aromatic heterocycles. The highest BCUT2D eigenvalue weighted by molar-refractivity contribution is 7.98. The molecule has 2 atom stereocenters. The van der Waals surface area contributed by atoms with Gasteiger partial charge in [0.05, 0.1) is 0 Å². The van der Waals surface area contributed by atoms with Gasteiger partial charge >= 0.3 is 0 Å². The highest BCUT2D eigenvalue weighted by atomic mass is 32.2. The van der Waals surface area contributed by atoms with Gasteiger partial charge in [-0.15, -0.1) is 0 Å². The van der Waals surface area contributed by atoms with Crippen molar-refractivity contribution in [1.82, 2.24) is 5.32 Å². The van der Waals surface area contributed by atoms with E-state index in [1.807, 2.05) is 6.92 Å². The molecular formula is C8H19N3OS. The first-order chi connectivity index (χ1) is 6.11. The summed E-state index contributed by atoms with van der Waals surface area (Å²) in [5, 5.41) is 14.7. The number of nitrogens with zero attached hydrogens (tertiary/aromatic N) is 1. The normalized spacial score (nSPS) is 17.0. The van der Waals surface area contributed by atoms with E-state index >= 15 is 0 Å². The van der Waals surface area contributed by atoms with Gasteiger partial charge in [-0.3, -0.25) is 0 Å². The first kappa shape index (κ1) is 12.6. The van der Waals surface area contributed by atoms with Crippen molar-refractivity contribution in [3.63, 3.8) is 0 Å². The van der Waals surface area contributed by atoms with Gasteiger partial charge in [0, 0.05) is 24.3 Å². The minimum absolute atomic E-state index is 0.0781. The highest BCUT2D eigenvalue weighted by Gasteiger charge is 2.08. The summed E-state index contributed by atoms with van der Waals surface area (Å²) in [6.07, 6.45) is 2.07. The topological polar surface area (TPSA) is 70.6 Å². The molecule has 13 heavy (non-hydrogen) atoms. The van der Waals surface area contributed by atoms with E-state index in [0.29, 0.717) is 6.04 Å². The van der Waals surface area contributed by atoms with E-state index in [-0.39, 0.29) is 11.8 Å². The zero-order chi connectivity index (χ0) is 10.3. The lowest BCUT2D eigenvalue weighted by Gasteiger charge is -2.15. The van der Waals surface area contributed by atoms with Crippen molar-refractivity contribution < 1.29 is 5.21 Å². The van der Waals surface area contributed by atoms with Gasteiger partial charge in [-0.25, -0.2) is 0 Å². The van der Waals surface area contributed by atoms with Crippen molar-refractivity contribution in [2.24, 2.45) is 16.8 Å². The number of thioether (sulfide) groups is 1. The smallest absolute Gasteiger partial charge is 0.143 e. The molecule has 0 spiro atoms. The van der Waals surface area contributed by atoms with Crippen LogP contribution in [0.25, 0.3) is 0 Å². The number of amidine groups is 1. The molecule has 0 aromatic rings. The predicted octanol–water partition coefficient (Wildman–Crippen LogP) is 0.710. The third-order valence-corrected chi connectivity index (χ3v) is 2.64. The Balaban J connectivity index is 3.63. The van der Waals surface area contributed by atoms with Crippen LogP contribution in [0.4, 0.5) is 0 Å². The maximum Gasteiger partial charge on any atom is 0.143 e. The minimum Gasteiger partial charge on any atom is -0.409 e. The second-order valence-corrected chi connectivity index (χ2v) is 4.10. The van der Waals surface area contributed by atoms with Crippen LogP contribution in [0.2, 0.25) is 0 Å². The summed E-state index contributed by atoms with van der Waals surface area (Å²) in [5.74, 6) is 1.43. The van der Waals surface area contributed by atoms with Crippen LogP contribution in [0.15, 0.2) is 5.16 Å². The fourth-order valence-corrected chi connectivity index (χ4v) is 1.51. The molecule has 0 fully saturated rings. The van der Waals surface area contributed by atoms with E-state index in [1.165, 1.54) is 0 Å². The zero-order valence-corrected chi connectivity index (χ0v) is 9.27. The molecule has 4 nitrogen and oxygen atoms in total. The van der Waals surface area contributed by atoms with Crippen LogP contribution in [0, 0.1) is 5.92 Å². The van der Waals surface area contributed by atoms with Crippen molar-refractivity contribution in [3.05, 3.63) is 0 Å². The summed E-state index contributed by atoms with van der Waals surface area (Å²) in [7, 11) is 0. The first-order valence-corrected chi connectivity index (χ1v) is 5.71. The van der Waals surface area contributed by atoms with E-state index in [2.05, 4.69) is 23.7 Å². The number of nitrogens with two attached hydrogens (primary N) is 1. The fourth-order valence-electron chi connectivity index (χ4n) is 0.890. The quantitative estimate of drug-likeness (QED) is 0.258. The van der Waals surface area contributed by atoms with Crippen LogP contribution in [0.5, 0.6) is 0 Å². The number of rotatable bonds is 6. The third kappa shape index (κ3) is 5.76. The molecule has 0 saturated carbocycles. The Morgan fingerprint density at radius 1 is 1.62 bits per heavy atom. The molecule has 0 bridgehead atoms. The molecule has 0 radical (unpaired) electrons. The monoisotopic (exact) mass is 205 g/mol.